The fourth-order valence-corrected chi connectivity index (χ4v) is 2.58. The van der Waals surface area contributed by atoms with Gasteiger partial charge in [0.1, 0.15) is 12.0 Å². The van der Waals surface area contributed by atoms with Crippen LogP contribution in [0, 0.1) is 5.92 Å². The van der Waals surface area contributed by atoms with Gasteiger partial charge in [-0.25, -0.2) is 0 Å². The maximum Gasteiger partial charge on any atom is 0.150 e. The van der Waals surface area contributed by atoms with Gasteiger partial charge in [-0.1, -0.05) is 38.2 Å². The minimum Gasteiger partial charge on any atom is -0.508 e. The zero-order valence-corrected chi connectivity index (χ0v) is 9.48. The molecule has 0 atom stereocenters. The quantitative estimate of drug-likeness (QED) is 0.790. The van der Waals surface area contributed by atoms with E-state index in [1.54, 1.807) is 12.1 Å². The summed E-state index contributed by atoms with van der Waals surface area (Å²) in [7, 11) is 0. The number of hydrogen-bond acceptors (Lipinski definition) is 2. The van der Waals surface area contributed by atoms with Crippen molar-refractivity contribution in [2.24, 2.45) is 5.92 Å². The van der Waals surface area contributed by atoms with Gasteiger partial charge in [-0.05, 0) is 30.0 Å². The first-order valence-corrected chi connectivity index (χ1v) is 6.06. The van der Waals surface area contributed by atoms with Gasteiger partial charge < -0.3 is 5.11 Å². The van der Waals surface area contributed by atoms with E-state index in [-0.39, 0.29) is 5.75 Å². The van der Waals surface area contributed by atoms with Crippen LogP contribution >= 0.6 is 0 Å². The lowest BCUT2D eigenvalue weighted by molar-refractivity contribution is 0.112. The van der Waals surface area contributed by atoms with Crippen molar-refractivity contribution >= 4 is 6.29 Å². The van der Waals surface area contributed by atoms with Gasteiger partial charge >= 0.3 is 0 Å². The summed E-state index contributed by atoms with van der Waals surface area (Å²) in [6.45, 7) is 0. The summed E-state index contributed by atoms with van der Waals surface area (Å²) >= 11 is 0. The van der Waals surface area contributed by atoms with Crippen LogP contribution < -0.4 is 0 Å². The second-order valence-electron chi connectivity index (χ2n) is 4.71. The third-order valence-corrected chi connectivity index (χ3v) is 3.49. The largest absolute Gasteiger partial charge is 0.508 e. The number of carbonyl (C=O) groups excluding carboxylic acids is 1. The molecule has 0 radical (unpaired) electrons. The number of hydrogen-bond donors (Lipinski definition) is 1. The molecule has 0 aliphatic heterocycles. The van der Waals surface area contributed by atoms with E-state index in [1.165, 1.54) is 32.1 Å². The van der Waals surface area contributed by atoms with Crippen LogP contribution in [0.1, 0.15) is 48.0 Å². The zero-order chi connectivity index (χ0) is 11.4. The van der Waals surface area contributed by atoms with E-state index in [0.29, 0.717) is 5.56 Å². The average molecular weight is 218 g/mol. The molecule has 1 saturated carbocycles. The van der Waals surface area contributed by atoms with Gasteiger partial charge in [-0.2, -0.15) is 0 Å². The molecule has 16 heavy (non-hydrogen) atoms. The van der Waals surface area contributed by atoms with Gasteiger partial charge in [0.25, 0.3) is 0 Å². The summed E-state index contributed by atoms with van der Waals surface area (Å²) in [5, 5.41) is 9.32. The summed E-state index contributed by atoms with van der Waals surface area (Å²) in [6, 6.07) is 5.12. The van der Waals surface area contributed by atoms with E-state index in [9.17, 15) is 9.90 Å². The molecule has 1 fully saturated rings. The van der Waals surface area contributed by atoms with Crippen LogP contribution in [0.25, 0.3) is 0 Å². The number of benzene rings is 1. The topological polar surface area (TPSA) is 37.3 Å². The Labute approximate surface area is 96.3 Å². The van der Waals surface area contributed by atoms with Gasteiger partial charge in [0.15, 0.2) is 0 Å². The number of aromatic hydroxyl groups is 1. The summed E-state index contributed by atoms with van der Waals surface area (Å²) in [4.78, 5) is 10.9. The predicted molar refractivity (Wildman–Crippen MR) is 63.8 cm³/mol. The van der Waals surface area contributed by atoms with Crippen LogP contribution in [0.15, 0.2) is 18.2 Å². The van der Waals surface area contributed by atoms with E-state index < -0.39 is 0 Å². The molecule has 0 bridgehead atoms. The lowest BCUT2D eigenvalue weighted by atomic mass is 9.84. The second kappa shape index (κ2) is 5.15. The van der Waals surface area contributed by atoms with Gasteiger partial charge in [-0.3, -0.25) is 4.79 Å². The number of rotatable bonds is 3. The van der Waals surface area contributed by atoms with Crippen LogP contribution in [0.3, 0.4) is 0 Å². The third-order valence-electron chi connectivity index (χ3n) is 3.49. The van der Waals surface area contributed by atoms with Gasteiger partial charge in [-0.15, -0.1) is 0 Å². The maximum absolute atomic E-state index is 10.9. The zero-order valence-electron chi connectivity index (χ0n) is 9.48. The molecule has 0 spiro atoms. The highest BCUT2D eigenvalue weighted by molar-refractivity contribution is 5.78. The van der Waals surface area contributed by atoms with E-state index in [2.05, 4.69) is 0 Å². The molecule has 1 aliphatic rings. The highest BCUT2D eigenvalue weighted by Gasteiger charge is 2.15. The van der Waals surface area contributed by atoms with Crippen LogP contribution in [0.4, 0.5) is 0 Å². The van der Waals surface area contributed by atoms with Crippen molar-refractivity contribution in [3.8, 4) is 5.75 Å². The van der Waals surface area contributed by atoms with Gasteiger partial charge in [0, 0.05) is 5.56 Å². The van der Waals surface area contributed by atoms with Crippen molar-refractivity contribution in [3.05, 3.63) is 29.3 Å². The van der Waals surface area contributed by atoms with Crippen molar-refractivity contribution in [1.82, 2.24) is 0 Å². The first-order valence-electron chi connectivity index (χ1n) is 6.06. The lowest BCUT2D eigenvalue weighted by Crippen LogP contribution is -2.10. The first kappa shape index (κ1) is 11.2. The Morgan fingerprint density at radius 1 is 1.25 bits per heavy atom. The Balaban J connectivity index is 2.10. The predicted octanol–water partition coefficient (Wildman–Crippen LogP) is 3.33. The van der Waals surface area contributed by atoms with Crippen molar-refractivity contribution in [1.29, 1.82) is 0 Å². The molecular formula is C14H18O2. The van der Waals surface area contributed by atoms with E-state index in [1.807, 2.05) is 6.07 Å². The standard InChI is InChI=1S/C14H18O2/c15-10-13-9-14(16)7-6-12(13)8-11-4-2-1-3-5-11/h6-7,9-11,16H,1-5,8H2. The van der Waals surface area contributed by atoms with Crippen LogP contribution in [0.2, 0.25) is 0 Å². The van der Waals surface area contributed by atoms with E-state index in [0.717, 1.165) is 24.2 Å². The minimum absolute atomic E-state index is 0.175. The molecule has 0 heterocycles. The van der Waals surface area contributed by atoms with Gasteiger partial charge in [0.2, 0.25) is 0 Å². The Morgan fingerprint density at radius 2 is 2.00 bits per heavy atom. The highest BCUT2D eigenvalue weighted by atomic mass is 16.3. The summed E-state index contributed by atoms with van der Waals surface area (Å²) < 4.78 is 0. The smallest absolute Gasteiger partial charge is 0.150 e. The van der Waals surface area contributed by atoms with Gasteiger partial charge in [0.05, 0.1) is 0 Å². The molecule has 1 N–H and O–H groups in total. The Hall–Kier alpha value is -1.31. The summed E-state index contributed by atoms with van der Waals surface area (Å²) in [6.07, 6.45) is 8.37. The number of carbonyl (C=O) groups is 1. The van der Waals surface area contributed by atoms with Crippen molar-refractivity contribution in [3.63, 3.8) is 0 Å². The molecule has 86 valence electrons. The Bertz CT molecular complexity index is 365. The van der Waals surface area contributed by atoms with Crippen molar-refractivity contribution in [2.45, 2.75) is 38.5 Å². The molecule has 2 rings (SSSR count). The first-order chi connectivity index (χ1) is 7.79. The molecule has 0 amide bonds. The average Bonchev–Trinajstić information content (AvgIpc) is 2.33. The SMILES string of the molecule is O=Cc1cc(O)ccc1CC1CCCCC1. The van der Waals surface area contributed by atoms with E-state index >= 15 is 0 Å². The molecule has 1 aromatic rings. The minimum atomic E-state index is 0.175. The molecule has 1 aromatic carbocycles. The Morgan fingerprint density at radius 3 is 2.69 bits per heavy atom. The highest BCUT2D eigenvalue weighted by Crippen LogP contribution is 2.28. The molecule has 0 aromatic heterocycles. The molecule has 2 nitrogen and oxygen atoms in total. The third kappa shape index (κ3) is 2.63. The maximum atomic E-state index is 10.9. The number of aldehydes is 1. The van der Waals surface area contributed by atoms with Crippen LogP contribution in [-0.2, 0) is 6.42 Å². The van der Waals surface area contributed by atoms with Crippen molar-refractivity contribution < 1.29 is 9.90 Å². The number of phenols is 1. The summed E-state index contributed by atoms with van der Waals surface area (Å²) in [5.74, 6) is 0.895. The normalized spacial score (nSPS) is 17.2. The lowest BCUT2D eigenvalue weighted by Gasteiger charge is -2.22. The molecule has 0 unspecified atom stereocenters. The molecule has 1 aliphatic carbocycles. The van der Waals surface area contributed by atoms with Crippen molar-refractivity contribution in [2.75, 3.05) is 0 Å². The molecular weight excluding hydrogens is 200 g/mol. The molecule has 2 heteroatoms. The Kier molecular flexibility index (Phi) is 3.60. The number of phenolic OH excluding ortho intramolecular Hbond substituents is 1. The summed E-state index contributed by atoms with van der Waals surface area (Å²) in [5.41, 5.74) is 1.73. The molecule has 0 saturated heterocycles. The van der Waals surface area contributed by atoms with Crippen LogP contribution in [-0.4, -0.2) is 11.4 Å². The second-order valence-corrected chi connectivity index (χ2v) is 4.71. The fraction of sp³-hybridized carbons (Fsp3) is 0.500. The fourth-order valence-electron chi connectivity index (χ4n) is 2.58. The monoisotopic (exact) mass is 218 g/mol. The van der Waals surface area contributed by atoms with E-state index in [4.69, 9.17) is 0 Å². The van der Waals surface area contributed by atoms with Crippen LogP contribution in [0.5, 0.6) is 5.75 Å².